The van der Waals surface area contributed by atoms with Gasteiger partial charge in [-0.2, -0.15) is 0 Å². The number of guanidine groups is 1. The third-order valence-electron chi connectivity index (χ3n) is 3.42. The molecule has 0 aromatic carbocycles. The molecule has 2 rings (SSSR count). The second-order valence-electron chi connectivity index (χ2n) is 6.02. The van der Waals surface area contributed by atoms with E-state index in [2.05, 4.69) is 53.6 Å². The van der Waals surface area contributed by atoms with Crippen LogP contribution < -0.4 is 10.6 Å². The van der Waals surface area contributed by atoms with Crippen LogP contribution in [0.15, 0.2) is 26.2 Å². The third kappa shape index (κ3) is 4.84. The zero-order valence-electron chi connectivity index (χ0n) is 14.4. The Labute approximate surface area is 136 Å². The summed E-state index contributed by atoms with van der Waals surface area (Å²) in [5.41, 5.74) is 1.90. The fourth-order valence-corrected chi connectivity index (χ4v) is 1.93. The summed E-state index contributed by atoms with van der Waals surface area (Å²) in [4.78, 5) is 4.17. The standard InChI is InChI=1S/C16H25N5O2/c1-10(2)14-6-12(22-20-14)8-18-16(17-5)19-9-13-7-15(11(3)4)21-23-13/h6-7,10-11H,8-9H2,1-5H3,(H2,17,18,19). The molecule has 0 saturated carbocycles. The maximum Gasteiger partial charge on any atom is 0.191 e. The lowest BCUT2D eigenvalue weighted by molar-refractivity contribution is 0.368. The van der Waals surface area contributed by atoms with E-state index in [4.69, 9.17) is 9.05 Å². The Morgan fingerprint density at radius 2 is 1.39 bits per heavy atom. The first-order valence-electron chi connectivity index (χ1n) is 7.85. The van der Waals surface area contributed by atoms with Crippen molar-refractivity contribution in [1.82, 2.24) is 20.9 Å². The van der Waals surface area contributed by atoms with Crippen molar-refractivity contribution in [1.29, 1.82) is 0 Å². The van der Waals surface area contributed by atoms with E-state index in [0.717, 1.165) is 22.9 Å². The Kier molecular flexibility index (Phi) is 5.78. The Balaban J connectivity index is 1.82. The normalized spacial score (nSPS) is 11.1. The summed E-state index contributed by atoms with van der Waals surface area (Å²) in [6.07, 6.45) is 0. The molecule has 0 fully saturated rings. The summed E-state index contributed by atoms with van der Waals surface area (Å²) >= 11 is 0. The minimum atomic E-state index is 0.353. The minimum Gasteiger partial charge on any atom is -0.359 e. The third-order valence-corrected chi connectivity index (χ3v) is 3.42. The quantitative estimate of drug-likeness (QED) is 0.629. The van der Waals surface area contributed by atoms with Gasteiger partial charge < -0.3 is 19.7 Å². The highest BCUT2D eigenvalue weighted by Gasteiger charge is 2.10. The fraction of sp³-hybridized carbons (Fsp3) is 0.562. The highest BCUT2D eigenvalue weighted by Crippen LogP contribution is 2.14. The molecule has 7 heteroatoms. The summed E-state index contributed by atoms with van der Waals surface area (Å²) in [6, 6.07) is 3.91. The predicted octanol–water partition coefficient (Wildman–Crippen LogP) is 2.77. The van der Waals surface area contributed by atoms with Gasteiger partial charge in [0.1, 0.15) is 0 Å². The van der Waals surface area contributed by atoms with Gasteiger partial charge in [0.05, 0.1) is 24.5 Å². The van der Waals surface area contributed by atoms with Crippen LogP contribution in [0.2, 0.25) is 0 Å². The van der Waals surface area contributed by atoms with Crippen molar-refractivity contribution in [3.63, 3.8) is 0 Å². The van der Waals surface area contributed by atoms with Gasteiger partial charge in [0.2, 0.25) is 0 Å². The van der Waals surface area contributed by atoms with E-state index in [9.17, 15) is 0 Å². The van der Waals surface area contributed by atoms with Crippen LogP contribution in [-0.2, 0) is 13.1 Å². The maximum absolute atomic E-state index is 5.29. The number of nitrogens with one attached hydrogen (secondary N) is 2. The number of aliphatic imine (C=N–C) groups is 1. The molecule has 0 saturated heterocycles. The van der Waals surface area contributed by atoms with Crippen molar-refractivity contribution < 1.29 is 9.05 Å². The van der Waals surface area contributed by atoms with E-state index in [0.29, 0.717) is 30.9 Å². The first kappa shape index (κ1) is 17.1. The molecular formula is C16H25N5O2. The Morgan fingerprint density at radius 3 is 1.70 bits per heavy atom. The van der Waals surface area contributed by atoms with E-state index in [1.807, 2.05) is 12.1 Å². The van der Waals surface area contributed by atoms with Crippen molar-refractivity contribution in [2.75, 3.05) is 7.05 Å². The summed E-state index contributed by atoms with van der Waals surface area (Å²) in [5, 5.41) is 14.4. The number of hydrogen-bond donors (Lipinski definition) is 2. The van der Waals surface area contributed by atoms with Crippen LogP contribution in [0.25, 0.3) is 0 Å². The number of hydrogen-bond acceptors (Lipinski definition) is 5. The zero-order chi connectivity index (χ0) is 16.8. The monoisotopic (exact) mass is 319 g/mol. The molecule has 2 N–H and O–H groups in total. The average Bonchev–Trinajstić information content (AvgIpc) is 3.16. The summed E-state index contributed by atoms with van der Waals surface area (Å²) < 4.78 is 10.6. The Hall–Kier alpha value is -2.31. The van der Waals surface area contributed by atoms with Crippen LogP contribution in [0, 0.1) is 0 Å². The van der Waals surface area contributed by atoms with E-state index < -0.39 is 0 Å². The molecule has 0 spiro atoms. The maximum atomic E-state index is 5.29. The molecule has 2 aromatic rings. The lowest BCUT2D eigenvalue weighted by atomic mass is 10.1. The minimum absolute atomic E-state index is 0.353. The van der Waals surface area contributed by atoms with Gasteiger partial charge >= 0.3 is 0 Å². The van der Waals surface area contributed by atoms with E-state index in [1.54, 1.807) is 7.05 Å². The summed E-state index contributed by atoms with van der Waals surface area (Å²) in [6.45, 7) is 9.37. The van der Waals surface area contributed by atoms with Gasteiger partial charge in [-0.3, -0.25) is 4.99 Å². The van der Waals surface area contributed by atoms with Crippen LogP contribution in [-0.4, -0.2) is 23.3 Å². The van der Waals surface area contributed by atoms with Crippen molar-refractivity contribution in [2.45, 2.75) is 52.6 Å². The lowest BCUT2D eigenvalue weighted by Gasteiger charge is -2.08. The van der Waals surface area contributed by atoms with Crippen LogP contribution in [0.3, 0.4) is 0 Å². The molecule has 2 aromatic heterocycles. The second-order valence-corrected chi connectivity index (χ2v) is 6.02. The van der Waals surface area contributed by atoms with Crippen molar-refractivity contribution in [3.8, 4) is 0 Å². The van der Waals surface area contributed by atoms with E-state index >= 15 is 0 Å². The van der Waals surface area contributed by atoms with Crippen LogP contribution in [0.4, 0.5) is 0 Å². The zero-order valence-corrected chi connectivity index (χ0v) is 14.4. The highest BCUT2D eigenvalue weighted by molar-refractivity contribution is 5.79. The van der Waals surface area contributed by atoms with Crippen LogP contribution in [0.5, 0.6) is 0 Å². The molecule has 23 heavy (non-hydrogen) atoms. The average molecular weight is 319 g/mol. The number of nitrogens with zero attached hydrogens (tertiary/aromatic N) is 3. The molecular weight excluding hydrogens is 294 g/mol. The van der Waals surface area contributed by atoms with Gasteiger partial charge in [0.15, 0.2) is 17.5 Å². The smallest absolute Gasteiger partial charge is 0.191 e. The summed E-state index contributed by atoms with van der Waals surface area (Å²) in [7, 11) is 1.72. The second kappa shape index (κ2) is 7.80. The van der Waals surface area contributed by atoms with Crippen molar-refractivity contribution >= 4 is 5.96 Å². The first-order chi connectivity index (χ1) is 11.0. The van der Waals surface area contributed by atoms with Gasteiger partial charge in [-0.25, -0.2) is 0 Å². The lowest BCUT2D eigenvalue weighted by Crippen LogP contribution is -2.36. The van der Waals surface area contributed by atoms with E-state index in [1.165, 1.54) is 0 Å². The molecule has 0 aliphatic carbocycles. The SMILES string of the molecule is CN=C(NCc1cc(C(C)C)no1)NCc1cc(C(C)C)no1. The van der Waals surface area contributed by atoms with Crippen molar-refractivity contribution in [3.05, 3.63) is 35.0 Å². The molecule has 0 unspecified atom stereocenters. The number of aromatic nitrogens is 2. The molecule has 0 amide bonds. The molecule has 7 nitrogen and oxygen atoms in total. The Bertz CT molecular complexity index is 590. The highest BCUT2D eigenvalue weighted by atomic mass is 16.5. The molecule has 0 atom stereocenters. The molecule has 0 aliphatic heterocycles. The van der Waals surface area contributed by atoms with Gasteiger partial charge in [-0.15, -0.1) is 0 Å². The van der Waals surface area contributed by atoms with Crippen molar-refractivity contribution in [2.24, 2.45) is 4.99 Å². The van der Waals surface area contributed by atoms with Gasteiger partial charge in [0, 0.05) is 19.2 Å². The molecule has 0 bridgehead atoms. The number of rotatable bonds is 6. The Morgan fingerprint density at radius 1 is 0.957 bits per heavy atom. The first-order valence-corrected chi connectivity index (χ1v) is 7.85. The van der Waals surface area contributed by atoms with Gasteiger partial charge in [-0.05, 0) is 11.8 Å². The van der Waals surface area contributed by atoms with Gasteiger partial charge in [-0.1, -0.05) is 38.0 Å². The predicted molar refractivity (Wildman–Crippen MR) is 88.2 cm³/mol. The molecule has 126 valence electrons. The fourth-order valence-electron chi connectivity index (χ4n) is 1.93. The van der Waals surface area contributed by atoms with E-state index in [-0.39, 0.29) is 0 Å². The topological polar surface area (TPSA) is 88.5 Å². The van der Waals surface area contributed by atoms with Gasteiger partial charge in [0.25, 0.3) is 0 Å². The van der Waals surface area contributed by atoms with Crippen LogP contribution >= 0.6 is 0 Å². The molecule has 0 radical (unpaired) electrons. The molecule has 2 heterocycles. The molecule has 0 aliphatic rings. The van der Waals surface area contributed by atoms with Crippen LogP contribution in [0.1, 0.15) is 62.4 Å². The summed E-state index contributed by atoms with van der Waals surface area (Å²) in [5.74, 6) is 2.92. The largest absolute Gasteiger partial charge is 0.359 e.